The molecule has 0 saturated heterocycles. The zero-order valence-electron chi connectivity index (χ0n) is 17.6. The van der Waals surface area contributed by atoms with Crippen molar-refractivity contribution in [2.24, 2.45) is 0 Å². The molecule has 0 aliphatic rings. The van der Waals surface area contributed by atoms with Gasteiger partial charge in [0, 0.05) is 21.7 Å². The van der Waals surface area contributed by atoms with E-state index in [2.05, 4.69) is 4.98 Å². The van der Waals surface area contributed by atoms with E-state index in [-0.39, 0.29) is 5.69 Å². The lowest BCUT2D eigenvalue weighted by atomic mass is 10.1. The Morgan fingerprint density at radius 3 is 2.69 bits per heavy atom. The number of ether oxygens (including phenoxy) is 2. The summed E-state index contributed by atoms with van der Waals surface area (Å²) < 4.78 is 17.0. The van der Waals surface area contributed by atoms with E-state index in [1.807, 2.05) is 54.8 Å². The summed E-state index contributed by atoms with van der Waals surface area (Å²) in [6.07, 6.45) is 0. The maximum Gasteiger partial charge on any atom is 0.356 e. The standard InChI is InChI=1S/C25H20N2O4S/c1-3-29-21-13-12-16(22-15-8-5-6-11-20(15)31-23(21)22)24-27-19(14-32-24)17-9-7-10-18(26-17)25(28)30-4-2/h5-14H,3-4H2,1-2H3. The third-order valence-electron chi connectivity index (χ3n) is 5.02. The Morgan fingerprint density at radius 1 is 0.969 bits per heavy atom. The number of carbonyl (C=O) groups is 1. The molecule has 0 aliphatic heterocycles. The van der Waals surface area contributed by atoms with Gasteiger partial charge in [0.15, 0.2) is 11.3 Å². The molecule has 0 spiro atoms. The highest BCUT2D eigenvalue weighted by Crippen LogP contribution is 2.42. The molecule has 160 valence electrons. The average Bonchev–Trinajstić information content (AvgIpc) is 3.46. The number of furan rings is 1. The van der Waals surface area contributed by atoms with Crippen LogP contribution < -0.4 is 4.74 Å². The summed E-state index contributed by atoms with van der Waals surface area (Å²) in [6.45, 7) is 4.58. The zero-order chi connectivity index (χ0) is 22.1. The van der Waals surface area contributed by atoms with E-state index in [0.29, 0.717) is 35.9 Å². The number of para-hydroxylation sites is 1. The molecule has 0 N–H and O–H groups in total. The number of esters is 1. The van der Waals surface area contributed by atoms with E-state index in [0.717, 1.165) is 26.9 Å². The number of carbonyl (C=O) groups excluding carboxylic acids is 1. The topological polar surface area (TPSA) is 74.5 Å². The van der Waals surface area contributed by atoms with E-state index in [1.54, 1.807) is 19.1 Å². The summed E-state index contributed by atoms with van der Waals surface area (Å²) in [5, 5.41) is 4.76. The van der Waals surface area contributed by atoms with Crippen LogP contribution in [0.2, 0.25) is 0 Å². The molecule has 32 heavy (non-hydrogen) atoms. The number of fused-ring (bicyclic) bond motifs is 3. The maximum atomic E-state index is 12.1. The van der Waals surface area contributed by atoms with E-state index < -0.39 is 5.97 Å². The predicted molar refractivity (Wildman–Crippen MR) is 125 cm³/mol. The summed E-state index contributed by atoms with van der Waals surface area (Å²) in [7, 11) is 0. The summed E-state index contributed by atoms with van der Waals surface area (Å²) in [5.41, 5.74) is 4.07. The Balaban J connectivity index is 1.62. The Morgan fingerprint density at radius 2 is 1.84 bits per heavy atom. The monoisotopic (exact) mass is 444 g/mol. The third-order valence-corrected chi connectivity index (χ3v) is 5.90. The van der Waals surface area contributed by atoms with Gasteiger partial charge in [0.2, 0.25) is 0 Å². The van der Waals surface area contributed by atoms with Crippen LogP contribution in [0.4, 0.5) is 0 Å². The number of thiazole rings is 1. The van der Waals surface area contributed by atoms with Gasteiger partial charge in [-0.1, -0.05) is 24.3 Å². The Labute approximate surface area is 188 Å². The first-order chi connectivity index (χ1) is 15.7. The SMILES string of the molecule is CCOC(=O)c1cccc(-c2csc(-c3ccc(OCC)c4oc5ccccc5c34)n2)n1. The van der Waals surface area contributed by atoms with Gasteiger partial charge in [-0.25, -0.2) is 14.8 Å². The lowest BCUT2D eigenvalue weighted by Crippen LogP contribution is -2.07. The second kappa shape index (κ2) is 8.43. The fourth-order valence-electron chi connectivity index (χ4n) is 3.66. The lowest BCUT2D eigenvalue weighted by Gasteiger charge is -2.06. The lowest BCUT2D eigenvalue weighted by molar-refractivity contribution is 0.0519. The third kappa shape index (κ3) is 3.50. The van der Waals surface area contributed by atoms with Gasteiger partial charge in [0.05, 0.1) is 18.9 Å². The molecule has 3 heterocycles. The quantitative estimate of drug-likeness (QED) is 0.284. The van der Waals surface area contributed by atoms with Crippen LogP contribution in [0.25, 0.3) is 43.9 Å². The number of nitrogens with zero attached hydrogens (tertiary/aromatic N) is 2. The predicted octanol–water partition coefficient (Wildman–Crippen LogP) is 6.35. The van der Waals surface area contributed by atoms with E-state index in [4.69, 9.17) is 18.9 Å². The minimum Gasteiger partial charge on any atom is -0.490 e. The number of benzene rings is 2. The van der Waals surface area contributed by atoms with Gasteiger partial charge >= 0.3 is 5.97 Å². The molecule has 7 heteroatoms. The van der Waals surface area contributed by atoms with Gasteiger partial charge in [-0.15, -0.1) is 11.3 Å². The molecule has 0 atom stereocenters. The molecule has 0 radical (unpaired) electrons. The molecular formula is C25H20N2O4S. The molecule has 5 rings (SSSR count). The van der Waals surface area contributed by atoms with Crippen LogP contribution in [0.5, 0.6) is 5.75 Å². The van der Waals surface area contributed by atoms with Gasteiger partial charge in [0.1, 0.15) is 22.0 Å². The zero-order valence-corrected chi connectivity index (χ0v) is 18.4. The van der Waals surface area contributed by atoms with Crippen molar-refractivity contribution < 1.29 is 18.7 Å². The van der Waals surface area contributed by atoms with E-state index in [1.165, 1.54) is 11.3 Å². The maximum absolute atomic E-state index is 12.1. The van der Waals surface area contributed by atoms with Crippen molar-refractivity contribution in [1.82, 2.24) is 9.97 Å². The van der Waals surface area contributed by atoms with Crippen LogP contribution in [0.1, 0.15) is 24.3 Å². The molecule has 2 aromatic carbocycles. The molecular weight excluding hydrogens is 424 g/mol. The van der Waals surface area contributed by atoms with Gasteiger partial charge in [0.25, 0.3) is 0 Å². The second-order valence-electron chi connectivity index (χ2n) is 7.01. The molecule has 0 saturated carbocycles. The second-order valence-corrected chi connectivity index (χ2v) is 7.87. The number of pyridine rings is 1. The first kappa shape index (κ1) is 20.2. The minimum atomic E-state index is -0.442. The van der Waals surface area contributed by atoms with Crippen molar-refractivity contribution in [3.63, 3.8) is 0 Å². The van der Waals surface area contributed by atoms with Gasteiger partial charge in [-0.05, 0) is 44.2 Å². The Hall–Kier alpha value is -3.71. The van der Waals surface area contributed by atoms with Crippen LogP contribution in [0, 0.1) is 0 Å². The largest absolute Gasteiger partial charge is 0.490 e. The first-order valence-electron chi connectivity index (χ1n) is 10.4. The number of aromatic nitrogens is 2. The van der Waals surface area contributed by atoms with E-state index in [9.17, 15) is 4.79 Å². The van der Waals surface area contributed by atoms with Crippen molar-refractivity contribution in [3.8, 4) is 27.7 Å². The van der Waals surface area contributed by atoms with Crippen molar-refractivity contribution in [1.29, 1.82) is 0 Å². The van der Waals surface area contributed by atoms with Crippen molar-refractivity contribution in [2.45, 2.75) is 13.8 Å². The fraction of sp³-hybridized carbons (Fsp3) is 0.160. The van der Waals surface area contributed by atoms with Crippen molar-refractivity contribution >= 4 is 39.2 Å². The number of rotatable bonds is 6. The van der Waals surface area contributed by atoms with E-state index >= 15 is 0 Å². The molecule has 3 aromatic heterocycles. The summed E-state index contributed by atoms with van der Waals surface area (Å²) >= 11 is 1.52. The molecule has 5 aromatic rings. The van der Waals surface area contributed by atoms with Crippen LogP contribution >= 0.6 is 11.3 Å². The molecule has 0 amide bonds. The van der Waals surface area contributed by atoms with Crippen LogP contribution in [0.15, 0.2) is 64.4 Å². The number of hydrogen-bond donors (Lipinski definition) is 0. The van der Waals surface area contributed by atoms with Crippen molar-refractivity contribution in [3.05, 3.63) is 65.7 Å². The first-order valence-corrected chi connectivity index (χ1v) is 11.2. The minimum absolute atomic E-state index is 0.267. The van der Waals surface area contributed by atoms with Gasteiger partial charge < -0.3 is 13.9 Å². The van der Waals surface area contributed by atoms with Crippen LogP contribution in [-0.4, -0.2) is 29.2 Å². The summed E-state index contributed by atoms with van der Waals surface area (Å²) in [5.74, 6) is 0.269. The number of hydrogen-bond acceptors (Lipinski definition) is 7. The molecule has 0 fully saturated rings. The summed E-state index contributed by atoms with van der Waals surface area (Å²) in [6, 6.07) is 17.1. The molecule has 0 aliphatic carbocycles. The molecule has 0 unspecified atom stereocenters. The van der Waals surface area contributed by atoms with Gasteiger partial charge in [-0.2, -0.15) is 0 Å². The normalized spacial score (nSPS) is 11.2. The van der Waals surface area contributed by atoms with Gasteiger partial charge in [-0.3, -0.25) is 0 Å². The average molecular weight is 445 g/mol. The summed E-state index contributed by atoms with van der Waals surface area (Å²) in [4.78, 5) is 21.3. The van der Waals surface area contributed by atoms with Crippen LogP contribution in [-0.2, 0) is 4.74 Å². The molecule has 0 bridgehead atoms. The highest BCUT2D eigenvalue weighted by Gasteiger charge is 2.19. The Kier molecular flexibility index (Phi) is 5.33. The highest BCUT2D eigenvalue weighted by molar-refractivity contribution is 7.13. The Bertz CT molecular complexity index is 1440. The van der Waals surface area contributed by atoms with Crippen LogP contribution in [0.3, 0.4) is 0 Å². The fourth-order valence-corrected chi connectivity index (χ4v) is 4.51. The smallest absolute Gasteiger partial charge is 0.356 e. The molecule has 6 nitrogen and oxygen atoms in total. The highest BCUT2D eigenvalue weighted by atomic mass is 32.1. The van der Waals surface area contributed by atoms with Crippen molar-refractivity contribution in [2.75, 3.05) is 13.2 Å².